The van der Waals surface area contributed by atoms with Gasteiger partial charge in [-0.25, -0.2) is 8.42 Å². The number of hydrogen-bond acceptors (Lipinski definition) is 3. The summed E-state index contributed by atoms with van der Waals surface area (Å²) in [6.45, 7) is 6.86. The van der Waals surface area contributed by atoms with Crippen molar-refractivity contribution in [2.75, 3.05) is 13.1 Å². The van der Waals surface area contributed by atoms with Gasteiger partial charge in [0.2, 0.25) is 15.9 Å². The summed E-state index contributed by atoms with van der Waals surface area (Å²) in [4.78, 5) is 13.1. The van der Waals surface area contributed by atoms with Crippen molar-refractivity contribution >= 4 is 27.5 Å². The van der Waals surface area contributed by atoms with Crippen LogP contribution in [0.1, 0.15) is 48.9 Å². The monoisotopic (exact) mass is 448 g/mol. The Hall–Kier alpha value is -1.89. The third kappa shape index (κ3) is 5.05. The summed E-state index contributed by atoms with van der Waals surface area (Å²) in [7, 11) is -3.57. The van der Waals surface area contributed by atoms with E-state index in [0.717, 1.165) is 12.0 Å². The first-order valence-corrected chi connectivity index (χ1v) is 12.2. The average molecular weight is 449 g/mol. The highest BCUT2D eigenvalue weighted by Gasteiger charge is 2.32. The summed E-state index contributed by atoms with van der Waals surface area (Å²) < 4.78 is 27.1. The van der Waals surface area contributed by atoms with Crippen LogP contribution < -0.4 is 5.32 Å². The number of aryl methyl sites for hydroxylation is 2. The first kappa shape index (κ1) is 22.8. The number of hydrogen-bond donors (Lipinski definition) is 1. The summed E-state index contributed by atoms with van der Waals surface area (Å²) in [5.41, 5.74) is 3.51. The molecule has 1 atom stereocenters. The second-order valence-electron chi connectivity index (χ2n) is 7.96. The fraction of sp³-hybridized carbons (Fsp3) is 0.435. The van der Waals surface area contributed by atoms with E-state index >= 15 is 0 Å². The lowest BCUT2D eigenvalue weighted by Gasteiger charge is -2.31. The maximum absolute atomic E-state index is 12.9. The maximum atomic E-state index is 12.9. The van der Waals surface area contributed by atoms with E-state index < -0.39 is 10.0 Å². The van der Waals surface area contributed by atoms with Gasteiger partial charge < -0.3 is 5.32 Å². The number of amides is 1. The van der Waals surface area contributed by atoms with Crippen molar-refractivity contribution in [1.82, 2.24) is 9.62 Å². The molecule has 5 nitrogen and oxygen atoms in total. The number of carbonyl (C=O) groups is 1. The smallest absolute Gasteiger partial charge is 0.243 e. The minimum absolute atomic E-state index is 0.00497. The van der Waals surface area contributed by atoms with E-state index in [4.69, 9.17) is 11.6 Å². The SMILES string of the molecule is CC[C@H](NC(=O)C1CCN(S(=O)(=O)c2ccc(Cl)cc2)CC1)c1ccc(C)cc1C. The molecule has 7 heteroatoms. The predicted octanol–water partition coefficient (Wildman–Crippen LogP) is 4.63. The molecule has 0 aliphatic carbocycles. The average Bonchev–Trinajstić information content (AvgIpc) is 2.72. The molecule has 1 saturated heterocycles. The molecule has 1 amide bonds. The first-order chi connectivity index (χ1) is 14.2. The fourth-order valence-electron chi connectivity index (χ4n) is 4.02. The Bertz CT molecular complexity index is 998. The molecule has 0 bridgehead atoms. The van der Waals surface area contributed by atoms with Gasteiger partial charge in [0.1, 0.15) is 0 Å². The number of nitrogens with one attached hydrogen (secondary N) is 1. The van der Waals surface area contributed by atoms with Crippen LogP contribution in [0.4, 0.5) is 0 Å². The topological polar surface area (TPSA) is 66.5 Å². The predicted molar refractivity (Wildman–Crippen MR) is 120 cm³/mol. The fourth-order valence-corrected chi connectivity index (χ4v) is 5.62. The number of sulfonamides is 1. The molecular weight excluding hydrogens is 420 g/mol. The zero-order valence-electron chi connectivity index (χ0n) is 17.7. The van der Waals surface area contributed by atoms with Crippen molar-refractivity contribution in [3.63, 3.8) is 0 Å². The van der Waals surface area contributed by atoms with Crippen molar-refractivity contribution in [2.45, 2.75) is 51.0 Å². The van der Waals surface area contributed by atoms with Gasteiger partial charge in [-0.05, 0) is 68.5 Å². The van der Waals surface area contributed by atoms with Gasteiger partial charge in [-0.15, -0.1) is 0 Å². The molecule has 0 radical (unpaired) electrons. The van der Waals surface area contributed by atoms with E-state index in [1.807, 2.05) is 0 Å². The molecule has 0 spiro atoms. The molecule has 1 heterocycles. The Morgan fingerprint density at radius 3 is 2.33 bits per heavy atom. The number of benzene rings is 2. The Labute approximate surface area is 184 Å². The van der Waals surface area contributed by atoms with E-state index in [-0.39, 0.29) is 22.8 Å². The second kappa shape index (κ2) is 9.50. The van der Waals surface area contributed by atoms with Crippen LogP contribution >= 0.6 is 11.6 Å². The van der Waals surface area contributed by atoms with Crippen LogP contribution in [0, 0.1) is 19.8 Å². The lowest BCUT2D eigenvalue weighted by atomic mass is 9.94. The van der Waals surface area contributed by atoms with E-state index in [9.17, 15) is 13.2 Å². The summed E-state index contributed by atoms with van der Waals surface area (Å²) in [6, 6.07) is 12.4. The molecule has 162 valence electrons. The van der Waals surface area contributed by atoms with Gasteiger partial charge in [0, 0.05) is 24.0 Å². The minimum Gasteiger partial charge on any atom is -0.349 e. The Kier molecular flexibility index (Phi) is 7.22. The molecule has 1 N–H and O–H groups in total. The lowest BCUT2D eigenvalue weighted by molar-refractivity contribution is -0.126. The Balaban J connectivity index is 1.62. The summed E-state index contributed by atoms with van der Waals surface area (Å²) >= 11 is 5.86. The quantitative estimate of drug-likeness (QED) is 0.700. The molecule has 0 saturated carbocycles. The number of piperidine rings is 1. The van der Waals surface area contributed by atoms with Crippen LogP contribution in [0.3, 0.4) is 0 Å². The highest BCUT2D eigenvalue weighted by Crippen LogP contribution is 2.27. The van der Waals surface area contributed by atoms with Crippen molar-refractivity contribution in [1.29, 1.82) is 0 Å². The summed E-state index contributed by atoms with van der Waals surface area (Å²) in [5.74, 6) is -0.174. The lowest BCUT2D eigenvalue weighted by Crippen LogP contribution is -2.43. The Morgan fingerprint density at radius 1 is 1.13 bits per heavy atom. The molecule has 1 fully saturated rings. The summed E-state index contributed by atoms with van der Waals surface area (Å²) in [5, 5.41) is 3.68. The first-order valence-electron chi connectivity index (χ1n) is 10.4. The molecule has 2 aromatic carbocycles. The van der Waals surface area contributed by atoms with Crippen molar-refractivity contribution in [2.24, 2.45) is 5.92 Å². The molecule has 0 aromatic heterocycles. The van der Waals surface area contributed by atoms with Gasteiger partial charge in [0.05, 0.1) is 10.9 Å². The van der Waals surface area contributed by atoms with Crippen molar-refractivity contribution < 1.29 is 13.2 Å². The van der Waals surface area contributed by atoms with Crippen LogP contribution in [-0.2, 0) is 14.8 Å². The number of nitrogens with zero attached hydrogens (tertiary/aromatic N) is 1. The largest absolute Gasteiger partial charge is 0.349 e. The molecule has 2 aromatic rings. The third-order valence-electron chi connectivity index (χ3n) is 5.80. The number of rotatable bonds is 6. The van der Waals surface area contributed by atoms with Crippen LogP contribution in [-0.4, -0.2) is 31.7 Å². The van der Waals surface area contributed by atoms with E-state index in [1.54, 1.807) is 12.1 Å². The highest BCUT2D eigenvalue weighted by atomic mass is 35.5. The van der Waals surface area contributed by atoms with Gasteiger partial charge >= 0.3 is 0 Å². The van der Waals surface area contributed by atoms with Gasteiger partial charge in [-0.1, -0.05) is 42.3 Å². The zero-order chi connectivity index (χ0) is 21.9. The second-order valence-corrected chi connectivity index (χ2v) is 10.3. The van der Waals surface area contributed by atoms with E-state index in [0.29, 0.717) is 31.0 Å². The van der Waals surface area contributed by atoms with Gasteiger partial charge in [0.25, 0.3) is 0 Å². The van der Waals surface area contributed by atoms with Crippen molar-refractivity contribution in [3.05, 3.63) is 64.2 Å². The molecule has 1 aliphatic heterocycles. The molecular formula is C23H29ClN2O3S. The van der Waals surface area contributed by atoms with Gasteiger partial charge in [-0.2, -0.15) is 4.31 Å². The number of carbonyl (C=O) groups excluding carboxylic acids is 1. The minimum atomic E-state index is -3.57. The molecule has 1 aliphatic rings. The van der Waals surface area contributed by atoms with E-state index in [1.165, 1.54) is 27.6 Å². The summed E-state index contributed by atoms with van der Waals surface area (Å²) in [6.07, 6.45) is 1.84. The van der Waals surface area contributed by atoms with Crippen LogP contribution in [0.25, 0.3) is 0 Å². The number of halogens is 1. The Morgan fingerprint density at radius 2 is 1.77 bits per heavy atom. The standard InChI is InChI=1S/C23H29ClN2O3S/c1-4-22(21-10-5-16(2)15-17(21)3)25-23(27)18-11-13-26(14-12-18)30(28,29)20-8-6-19(24)7-9-20/h5-10,15,18,22H,4,11-14H2,1-3H3,(H,25,27)/t22-/m0/s1. The van der Waals surface area contributed by atoms with Gasteiger partial charge in [0.15, 0.2) is 0 Å². The normalized spacial score (nSPS) is 16.9. The molecule has 30 heavy (non-hydrogen) atoms. The van der Waals surface area contributed by atoms with Crippen molar-refractivity contribution in [3.8, 4) is 0 Å². The highest BCUT2D eigenvalue weighted by molar-refractivity contribution is 7.89. The van der Waals surface area contributed by atoms with E-state index in [2.05, 4.69) is 44.3 Å². The van der Waals surface area contributed by atoms with Gasteiger partial charge in [-0.3, -0.25) is 4.79 Å². The third-order valence-corrected chi connectivity index (χ3v) is 7.97. The van der Waals surface area contributed by atoms with Crippen LogP contribution in [0.5, 0.6) is 0 Å². The molecule has 3 rings (SSSR count). The van der Waals surface area contributed by atoms with Crippen LogP contribution in [0.2, 0.25) is 5.02 Å². The molecule has 0 unspecified atom stereocenters. The zero-order valence-corrected chi connectivity index (χ0v) is 19.3. The maximum Gasteiger partial charge on any atom is 0.243 e. The van der Waals surface area contributed by atoms with Crippen LogP contribution in [0.15, 0.2) is 47.4 Å².